The van der Waals surface area contributed by atoms with Crippen LogP contribution in [0.15, 0.2) is 91.0 Å². The molecule has 0 aromatic heterocycles. The maximum atomic E-state index is 3.69. The number of hydrogen-bond donors (Lipinski definition) is 1. The lowest BCUT2D eigenvalue weighted by Gasteiger charge is -2.22. The van der Waals surface area contributed by atoms with Crippen molar-refractivity contribution < 1.29 is 0 Å². The first-order chi connectivity index (χ1) is 14.4. The van der Waals surface area contributed by atoms with Gasteiger partial charge < -0.3 is 5.32 Å². The van der Waals surface area contributed by atoms with Gasteiger partial charge in [0.05, 0.1) is 0 Å². The molecule has 0 unspecified atom stereocenters. The van der Waals surface area contributed by atoms with Crippen LogP contribution in [0.2, 0.25) is 0 Å². The van der Waals surface area contributed by atoms with Crippen molar-refractivity contribution in [1.82, 2.24) is 0 Å². The van der Waals surface area contributed by atoms with Crippen LogP contribution < -0.4 is 5.32 Å². The summed E-state index contributed by atoms with van der Waals surface area (Å²) in [5, 5.41) is 6.24. The molecule has 0 atom stereocenters. The summed E-state index contributed by atoms with van der Waals surface area (Å²) in [6.07, 6.45) is 6.84. The van der Waals surface area contributed by atoms with Gasteiger partial charge in [-0.05, 0) is 58.9 Å². The van der Waals surface area contributed by atoms with Crippen molar-refractivity contribution >= 4 is 22.1 Å². The van der Waals surface area contributed by atoms with Gasteiger partial charge >= 0.3 is 0 Å². The quantitative estimate of drug-likeness (QED) is 0.377. The Balaban J connectivity index is 1.50. The highest BCUT2D eigenvalue weighted by molar-refractivity contribution is 6.03. The van der Waals surface area contributed by atoms with Crippen LogP contribution in [0.4, 0.5) is 11.4 Å². The highest BCUT2D eigenvalue weighted by atomic mass is 14.9. The first kappa shape index (κ1) is 18.0. The third kappa shape index (κ3) is 3.78. The molecule has 5 rings (SSSR count). The van der Waals surface area contributed by atoms with E-state index in [4.69, 9.17) is 0 Å². The molecule has 1 saturated carbocycles. The molecule has 1 aliphatic rings. The summed E-state index contributed by atoms with van der Waals surface area (Å²) < 4.78 is 0. The molecule has 144 valence electrons. The lowest BCUT2D eigenvalue weighted by atomic mass is 9.84. The van der Waals surface area contributed by atoms with E-state index >= 15 is 0 Å². The van der Waals surface area contributed by atoms with Gasteiger partial charge in [0.1, 0.15) is 0 Å². The summed E-state index contributed by atoms with van der Waals surface area (Å²) in [7, 11) is 0. The third-order valence-electron chi connectivity index (χ3n) is 6.26. The normalized spacial score (nSPS) is 14.8. The molecule has 0 heterocycles. The highest BCUT2D eigenvalue weighted by Gasteiger charge is 2.15. The molecule has 0 aliphatic heterocycles. The van der Waals surface area contributed by atoms with Crippen LogP contribution in [0.25, 0.3) is 21.9 Å². The van der Waals surface area contributed by atoms with Crippen molar-refractivity contribution in [3.8, 4) is 11.1 Å². The summed E-state index contributed by atoms with van der Waals surface area (Å²) in [5.74, 6) is 0.748. The zero-order chi connectivity index (χ0) is 19.5. The minimum Gasteiger partial charge on any atom is -0.355 e. The lowest BCUT2D eigenvalue weighted by Crippen LogP contribution is -2.04. The fourth-order valence-electron chi connectivity index (χ4n) is 4.72. The largest absolute Gasteiger partial charge is 0.355 e. The van der Waals surface area contributed by atoms with E-state index in [2.05, 4.69) is 96.3 Å². The summed E-state index contributed by atoms with van der Waals surface area (Å²) in [6.45, 7) is 0. The number of hydrogen-bond acceptors (Lipinski definition) is 1. The van der Waals surface area contributed by atoms with Crippen LogP contribution in [-0.2, 0) is 0 Å². The van der Waals surface area contributed by atoms with Crippen molar-refractivity contribution in [2.24, 2.45) is 0 Å². The van der Waals surface area contributed by atoms with Crippen LogP contribution in [0.3, 0.4) is 0 Å². The van der Waals surface area contributed by atoms with E-state index in [1.165, 1.54) is 59.6 Å². The molecule has 4 aromatic rings. The van der Waals surface area contributed by atoms with E-state index in [9.17, 15) is 0 Å². The van der Waals surface area contributed by atoms with E-state index in [1.54, 1.807) is 0 Å². The molecule has 0 radical (unpaired) electrons. The molecule has 0 saturated heterocycles. The average molecular weight is 378 g/mol. The SMILES string of the molecule is c1ccc(-c2c(Nc3ccc(C4CCCCC4)cc3)ccc3ccccc23)cc1. The van der Waals surface area contributed by atoms with Gasteiger partial charge in [-0.1, -0.05) is 92.1 Å². The van der Waals surface area contributed by atoms with Crippen molar-refractivity contribution in [3.63, 3.8) is 0 Å². The first-order valence-electron chi connectivity index (χ1n) is 10.8. The fraction of sp³-hybridized carbons (Fsp3) is 0.214. The van der Waals surface area contributed by atoms with Crippen molar-refractivity contribution in [3.05, 3.63) is 96.6 Å². The van der Waals surface area contributed by atoms with Crippen molar-refractivity contribution in [2.75, 3.05) is 5.32 Å². The monoisotopic (exact) mass is 377 g/mol. The Bertz CT molecular complexity index is 1090. The average Bonchev–Trinajstić information content (AvgIpc) is 2.80. The molecular formula is C28H27N. The van der Waals surface area contributed by atoms with Crippen LogP contribution in [0.1, 0.15) is 43.6 Å². The molecule has 1 N–H and O–H groups in total. The van der Waals surface area contributed by atoms with Crippen molar-refractivity contribution in [2.45, 2.75) is 38.0 Å². The Morgan fingerprint density at radius 2 is 1.34 bits per heavy atom. The molecule has 29 heavy (non-hydrogen) atoms. The van der Waals surface area contributed by atoms with E-state index < -0.39 is 0 Å². The molecule has 1 fully saturated rings. The Labute approximate surface area is 173 Å². The predicted octanol–water partition coefficient (Wildman–Crippen LogP) is 8.30. The second-order valence-electron chi connectivity index (χ2n) is 8.16. The zero-order valence-corrected chi connectivity index (χ0v) is 16.8. The minimum atomic E-state index is 0.748. The second-order valence-corrected chi connectivity index (χ2v) is 8.16. The number of fused-ring (bicyclic) bond motifs is 1. The number of nitrogens with one attached hydrogen (secondary N) is 1. The smallest absolute Gasteiger partial charge is 0.0470 e. The Kier molecular flexibility index (Phi) is 5.04. The molecule has 1 aliphatic carbocycles. The predicted molar refractivity (Wildman–Crippen MR) is 125 cm³/mol. The van der Waals surface area contributed by atoms with Gasteiger partial charge in [-0.25, -0.2) is 0 Å². The Hall–Kier alpha value is -3.06. The maximum Gasteiger partial charge on any atom is 0.0470 e. The fourth-order valence-corrected chi connectivity index (χ4v) is 4.72. The lowest BCUT2D eigenvalue weighted by molar-refractivity contribution is 0.443. The van der Waals surface area contributed by atoms with Crippen LogP contribution in [-0.4, -0.2) is 0 Å². The Morgan fingerprint density at radius 1 is 0.621 bits per heavy atom. The van der Waals surface area contributed by atoms with Gasteiger partial charge in [-0.2, -0.15) is 0 Å². The molecule has 1 heteroatoms. The van der Waals surface area contributed by atoms with Crippen LogP contribution in [0.5, 0.6) is 0 Å². The number of anilines is 2. The van der Waals surface area contributed by atoms with Crippen molar-refractivity contribution in [1.29, 1.82) is 0 Å². The van der Waals surface area contributed by atoms with E-state index in [1.807, 2.05) is 0 Å². The maximum absolute atomic E-state index is 3.69. The second kappa shape index (κ2) is 8.13. The van der Waals surface area contributed by atoms with Gasteiger partial charge in [-0.15, -0.1) is 0 Å². The standard InChI is InChI=1S/C28H27N/c1-3-9-21(10-4-1)22-15-18-25(19-16-22)29-27-20-17-23-11-7-8-14-26(23)28(27)24-12-5-2-6-13-24/h2,5-8,11-21,29H,1,3-4,9-10H2. The molecule has 4 aromatic carbocycles. The minimum absolute atomic E-state index is 0.748. The van der Waals surface area contributed by atoms with Gasteiger partial charge in [0.25, 0.3) is 0 Å². The number of benzene rings is 4. The molecule has 0 amide bonds. The van der Waals surface area contributed by atoms with Crippen LogP contribution in [0, 0.1) is 0 Å². The topological polar surface area (TPSA) is 12.0 Å². The first-order valence-corrected chi connectivity index (χ1v) is 10.8. The molecule has 0 spiro atoms. The Morgan fingerprint density at radius 3 is 2.14 bits per heavy atom. The van der Waals surface area contributed by atoms with E-state index in [-0.39, 0.29) is 0 Å². The van der Waals surface area contributed by atoms with Crippen LogP contribution >= 0.6 is 0 Å². The molecule has 1 nitrogen and oxygen atoms in total. The summed E-state index contributed by atoms with van der Waals surface area (Å²) in [6, 6.07) is 32.9. The van der Waals surface area contributed by atoms with Gasteiger partial charge in [0.2, 0.25) is 0 Å². The van der Waals surface area contributed by atoms with Gasteiger partial charge in [0, 0.05) is 16.9 Å². The van der Waals surface area contributed by atoms with Gasteiger partial charge in [-0.3, -0.25) is 0 Å². The highest BCUT2D eigenvalue weighted by Crippen LogP contribution is 2.38. The van der Waals surface area contributed by atoms with E-state index in [0.29, 0.717) is 0 Å². The summed E-state index contributed by atoms with van der Waals surface area (Å²) in [4.78, 5) is 0. The summed E-state index contributed by atoms with van der Waals surface area (Å²) in [5.41, 5.74) is 6.31. The van der Waals surface area contributed by atoms with Gasteiger partial charge in [0.15, 0.2) is 0 Å². The molecular weight excluding hydrogens is 350 g/mol. The third-order valence-corrected chi connectivity index (χ3v) is 6.26. The molecule has 0 bridgehead atoms. The summed E-state index contributed by atoms with van der Waals surface area (Å²) >= 11 is 0. The zero-order valence-electron chi connectivity index (χ0n) is 16.8. The van der Waals surface area contributed by atoms with E-state index in [0.717, 1.165) is 17.3 Å². The number of rotatable bonds is 4.